The molecule has 0 fully saturated rings. The third kappa shape index (κ3) is 3.15. The van der Waals surface area contributed by atoms with E-state index >= 15 is 0 Å². The Morgan fingerprint density at radius 1 is 1.41 bits per heavy atom. The number of thiophene rings is 1. The van der Waals surface area contributed by atoms with Gasteiger partial charge in [0, 0.05) is 33.7 Å². The highest BCUT2D eigenvalue weighted by atomic mass is 79.9. The first-order chi connectivity index (χ1) is 8.20. The number of rotatable bonds is 4. The Hall–Kier alpha value is -0.710. The van der Waals surface area contributed by atoms with Gasteiger partial charge in [0.1, 0.15) is 0 Å². The number of halogens is 1. The molecule has 0 spiro atoms. The van der Waals surface area contributed by atoms with Gasteiger partial charge in [0.15, 0.2) is 0 Å². The lowest BCUT2D eigenvalue weighted by Crippen LogP contribution is -2.13. The second-order valence-electron chi connectivity index (χ2n) is 3.95. The molecule has 2 rings (SSSR count). The first kappa shape index (κ1) is 12.7. The summed E-state index contributed by atoms with van der Waals surface area (Å²) in [5.74, 6) is 0. The fourth-order valence-electron chi connectivity index (χ4n) is 1.67. The van der Waals surface area contributed by atoms with Gasteiger partial charge in [0.05, 0.1) is 0 Å². The Morgan fingerprint density at radius 3 is 2.76 bits per heavy atom. The average molecular weight is 311 g/mol. The largest absolute Gasteiger partial charge is 0.323 e. The van der Waals surface area contributed by atoms with Crippen LogP contribution in [0.2, 0.25) is 0 Å². The van der Waals surface area contributed by atoms with Gasteiger partial charge in [-0.15, -0.1) is 11.3 Å². The fraction of sp³-hybridized carbons (Fsp3) is 0.308. The van der Waals surface area contributed by atoms with Crippen LogP contribution < -0.4 is 5.73 Å². The van der Waals surface area contributed by atoms with E-state index in [2.05, 4.69) is 40.0 Å². The molecule has 0 aromatic carbocycles. The molecule has 2 heterocycles. The topological polar surface area (TPSA) is 38.9 Å². The van der Waals surface area contributed by atoms with E-state index in [0.29, 0.717) is 0 Å². The number of aromatic nitrogens is 1. The molecule has 2 nitrogen and oxygen atoms in total. The average Bonchev–Trinajstić information content (AvgIpc) is 2.76. The van der Waals surface area contributed by atoms with Crippen molar-refractivity contribution in [2.24, 2.45) is 5.73 Å². The Kier molecular flexibility index (Phi) is 4.31. The molecule has 0 bridgehead atoms. The van der Waals surface area contributed by atoms with E-state index < -0.39 is 0 Å². The molecule has 2 N–H and O–H groups in total. The van der Waals surface area contributed by atoms with Crippen LogP contribution in [0.25, 0.3) is 0 Å². The highest BCUT2D eigenvalue weighted by Gasteiger charge is 2.12. The normalized spacial score (nSPS) is 12.6. The molecule has 90 valence electrons. The molecular weight excluding hydrogens is 296 g/mol. The summed E-state index contributed by atoms with van der Waals surface area (Å²) in [6.07, 6.45) is 3.74. The molecule has 0 aliphatic carbocycles. The molecule has 4 heteroatoms. The van der Waals surface area contributed by atoms with E-state index in [-0.39, 0.29) is 6.04 Å². The summed E-state index contributed by atoms with van der Waals surface area (Å²) in [7, 11) is 0. The van der Waals surface area contributed by atoms with Crippen LogP contribution in [0.4, 0.5) is 0 Å². The zero-order valence-corrected chi connectivity index (χ0v) is 12.1. The number of aryl methyl sites for hydroxylation is 1. The SMILES string of the molecule is CCc1ccc(CC(N)c2sccc2Br)nc1. The maximum absolute atomic E-state index is 6.18. The van der Waals surface area contributed by atoms with Gasteiger partial charge in [0.25, 0.3) is 0 Å². The number of nitrogens with zero attached hydrogens (tertiary/aromatic N) is 1. The van der Waals surface area contributed by atoms with Gasteiger partial charge in [-0.05, 0) is 45.4 Å². The van der Waals surface area contributed by atoms with Crippen LogP contribution in [-0.4, -0.2) is 4.98 Å². The van der Waals surface area contributed by atoms with Crippen LogP contribution >= 0.6 is 27.3 Å². The summed E-state index contributed by atoms with van der Waals surface area (Å²) in [6.45, 7) is 2.13. The van der Waals surface area contributed by atoms with Crippen LogP contribution in [0.1, 0.15) is 29.1 Å². The van der Waals surface area contributed by atoms with Gasteiger partial charge in [-0.2, -0.15) is 0 Å². The molecule has 2 aromatic heterocycles. The van der Waals surface area contributed by atoms with Gasteiger partial charge in [0.2, 0.25) is 0 Å². The van der Waals surface area contributed by atoms with Gasteiger partial charge < -0.3 is 5.73 Å². The lowest BCUT2D eigenvalue weighted by atomic mass is 10.1. The molecule has 0 aliphatic rings. The van der Waals surface area contributed by atoms with Crippen molar-refractivity contribution in [2.75, 3.05) is 0 Å². The van der Waals surface area contributed by atoms with Crippen molar-refractivity contribution in [3.05, 3.63) is 50.4 Å². The van der Waals surface area contributed by atoms with Gasteiger partial charge in [-0.25, -0.2) is 0 Å². The minimum atomic E-state index is 0.0179. The third-order valence-electron chi connectivity index (χ3n) is 2.70. The Bertz CT molecular complexity index is 478. The first-order valence-electron chi connectivity index (χ1n) is 5.63. The quantitative estimate of drug-likeness (QED) is 0.935. The van der Waals surface area contributed by atoms with E-state index in [1.54, 1.807) is 11.3 Å². The van der Waals surface area contributed by atoms with Crippen LogP contribution in [0.15, 0.2) is 34.2 Å². The Balaban J connectivity index is 2.07. The zero-order chi connectivity index (χ0) is 12.3. The van der Waals surface area contributed by atoms with E-state index in [1.807, 2.05) is 17.6 Å². The summed E-state index contributed by atoms with van der Waals surface area (Å²) in [5, 5.41) is 2.05. The predicted octanol–water partition coefficient (Wildman–Crippen LogP) is 3.71. The third-order valence-corrected chi connectivity index (χ3v) is 4.71. The molecule has 0 saturated carbocycles. The van der Waals surface area contributed by atoms with Crippen LogP contribution in [0.5, 0.6) is 0 Å². The molecule has 17 heavy (non-hydrogen) atoms. The van der Waals surface area contributed by atoms with Gasteiger partial charge in [-0.3, -0.25) is 4.98 Å². The number of hydrogen-bond donors (Lipinski definition) is 1. The summed E-state index contributed by atoms with van der Waals surface area (Å²) in [4.78, 5) is 5.62. The van der Waals surface area contributed by atoms with Crippen molar-refractivity contribution in [2.45, 2.75) is 25.8 Å². The molecular formula is C13H15BrN2S. The number of hydrogen-bond acceptors (Lipinski definition) is 3. The highest BCUT2D eigenvalue weighted by Crippen LogP contribution is 2.29. The van der Waals surface area contributed by atoms with Crippen molar-refractivity contribution < 1.29 is 0 Å². The minimum Gasteiger partial charge on any atom is -0.323 e. The molecule has 0 aliphatic heterocycles. The lowest BCUT2D eigenvalue weighted by molar-refractivity contribution is 0.716. The summed E-state index contributed by atoms with van der Waals surface area (Å²) < 4.78 is 1.10. The maximum Gasteiger partial charge on any atom is 0.0457 e. The summed E-state index contributed by atoms with van der Waals surface area (Å²) in [6, 6.07) is 6.25. The van der Waals surface area contributed by atoms with Crippen LogP contribution in [-0.2, 0) is 12.8 Å². The molecule has 1 atom stereocenters. The summed E-state index contributed by atoms with van der Waals surface area (Å²) >= 11 is 5.20. The standard InChI is InChI=1S/C13H15BrN2S/c1-2-9-3-4-10(16-8-9)7-12(15)13-11(14)5-6-17-13/h3-6,8,12H,2,7,15H2,1H3. The van der Waals surface area contributed by atoms with Crippen LogP contribution in [0.3, 0.4) is 0 Å². The van der Waals surface area contributed by atoms with Crippen molar-refractivity contribution in [3.8, 4) is 0 Å². The second kappa shape index (κ2) is 5.76. The maximum atomic E-state index is 6.18. The van der Waals surface area contributed by atoms with Crippen molar-refractivity contribution in [1.29, 1.82) is 0 Å². The molecule has 1 unspecified atom stereocenters. The number of pyridine rings is 1. The van der Waals surface area contributed by atoms with Crippen molar-refractivity contribution in [1.82, 2.24) is 4.98 Å². The number of nitrogens with two attached hydrogens (primary N) is 1. The smallest absolute Gasteiger partial charge is 0.0457 e. The first-order valence-corrected chi connectivity index (χ1v) is 7.30. The van der Waals surface area contributed by atoms with Crippen molar-refractivity contribution in [3.63, 3.8) is 0 Å². The molecule has 0 saturated heterocycles. The van der Waals surface area contributed by atoms with Crippen molar-refractivity contribution >= 4 is 27.3 Å². The highest BCUT2D eigenvalue weighted by molar-refractivity contribution is 9.10. The Morgan fingerprint density at radius 2 is 2.24 bits per heavy atom. The zero-order valence-electron chi connectivity index (χ0n) is 9.69. The van der Waals surface area contributed by atoms with Gasteiger partial charge >= 0.3 is 0 Å². The minimum absolute atomic E-state index is 0.0179. The monoisotopic (exact) mass is 310 g/mol. The molecule has 0 radical (unpaired) electrons. The van der Waals surface area contributed by atoms with Crippen LogP contribution in [0, 0.1) is 0 Å². The Labute approximate surface area is 114 Å². The van der Waals surface area contributed by atoms with E-state index in [1.165, 1.54) is 10.4 Å². The van der Waals surface area contributed by atoms with Gasteiger partial charge in [-0.1, -0.05) is 13.0 Å². The second-order valence-corrected chi connectivity index (χ2v) is 5.76. The predicted molar refractivity (Wildman–Crippen MR) is 76.3 cm³/mol. The van der Waals surface area contributed by atoms with E-state index in [4.69, 9.17) is 5.73 Å². The fourth-order valence-corrected chi connectivity index (χ4v) is 3.34. The molecule has 2 aromatic rings. The van der Waals surface area contributed by atoms with E-state index in [0.717, 1.165) is 23.0 Å². The molecule has 0 amide bonds. The van der Waals surface area contributed by atoms with E-state index in [9.17, 15) is 0 Å². The lowest BCUT2D eigenvalue weighted by Gasteiger charge is -2.10. The summed E-state index contributed by atoms with van der Waals surface area (Å²) in [5.41, 5.74) is 8.50.